The van der Waals surface area contributed by atoms with E-state index >= 15 is 0 Å². The normalized spacial score (nSPS) is 33.0. The lowest BCUT2D eigenvalue weighted by atomic mass is 9.63. The summed E-state index contributed by atoms with van der Waals surface area (Å²) in [5.74, 6) is 2.24. The maximum absolute atomic E-state index is 13.2. The molecule has 2 aliphatic heterocycles. The number of allylic oxidation sites excluding steroid dienone is 2. The predicted molar refractivity (Wildman–Crippen MR) is 175 cm³/mol. The molecular weight excluding hydrogens is 564 g/mol. The van der Waals surface area contributed by atoms with Gasteiger partial charge in [-0.05, 0) is 111 Å². The fraction of sp³-hybridized carbons (Fsp3) is 0.514. The van der Waals surface area contributed by atoms with Crippen LogP contribution in [0.15, 0.2) is 61.2 Å². The molecule has 4 aliphatic rings. The Morgan fingerprint density at radius 3 is 2.71 bits per heavy atom. The van der Waals surface area contributed by atoms with Gasteiger partial charge in [-0.1, -0.05) is 56.7 Å². The van der Waals surface area contributed by atoms with Gasteiger partial charge in [-0.2, -0.15) is 0 Å². The topological polar surface area (TPSA) is 61.8 Å². The van der Waals surface area contributed by atoms with Crippen molar-refractivity contribution in [2.45, 2.75) is 76.8 Å². The number of aliphatic hydroxyl groups is 1. The van der Waals surface area contributed by atoms with Crippen LogP contribution in [0.25, 0.3) is 0 Å². The quantitative estimate of drug-likeness (QED) is 0.235. The fourth-order valence-corrected chi connectivity index (χ4v) is 7.98. The van der Waals surface area contributed by atoms with Crippen molar-refractivity contribution < 1.29 is 14.6 Å². The maximum atomic E-state index is 13.2. The fourth-order valence-electron chi connectivity index (χ4n) is 7.03. The molecule has 0 saturated heterocycles. The summed E-state index contributed by atoms with van der Waals surface area (Å²) in [6.45, 7) is 13.4. The summed E-state index contributed by atoms with van der Waals surface area (Å²) in [7, 11) is 0. The van der Waals surface area contributed by atoms with Gasteiger partial charge in [0.25, 0.3) is 5.91 Å². The third-order valence-electron chi connectivity index (χ3n) is 9.67. The van der Waals surface area contributed by atoms with Gasteiger partial charge in [0.1, 0.15) is 5.75 Å². The Kier molecular flexibility index (Phi) is 9.66. The van der Waals surface area contributed by atoms with E-state index in [-0.39, 0.29) is 17.1 Å². The zero-order chi connectivity index (χ0) is 30.0. The number of aryl methyl sites for hydroxylation is 1. The van der Waals surface area contributed by atoms with Gasteiger partial charge in [0.05, 0.1) is 18.3 Å². The number of amides is 1. The predicted octanol–water partition coefficient (Wildman–Crippen LogP) is 7.96. The second-order valence-electron chi connectivity index (χ2n) is 12.6. The number of benzene rings is 2. The average Bonchev–Trinajstić information content (AvgIpc) is 2.96. The van der Waals surface area contributed by atoms with Crippen molar-refractivity contribution in [3.63, 3.8) is 0 Å². The number of aliphatic hydroxyl groups excluding tert-OH is 1. The lowest BCUT2D eigenvalue weighted by molar-refractivity contribution is -0.00628. The summed E-state index contributed by atoms with van der Waals surface area (Å²) in [6, 6.07) is 12.1. The zero-order valence-corrected chi connectivity index (χ0v) is 26.9. The molecule has 0 radical (unpaired) electrons. The van der Waals surface area contributed by atoms with Crippen molar-refractivity contribution >= 4 is 35.1 Å². The van der Waals surface area contributed by atoms with Crippen molar-refractivity contribution in [1.29, 1.82) is 0 Å². The maximum Gasteiger partial charge on any atom is 0.261 e. The number of rotatable bonds is 0. The molecule has 2 N–H and O–H groups in total. The van der Waals surface area contributed by atoms with Gasteiger partial charge >= 0.3 is 0 Å². The molecule has 42 heavy (non-hydrogen) atoms. The van der Waals surface area contributed by atoms with Crippen LogP contribution in [-0.2, 0) is 12.0 Å². The number of nitrogens with one attached hydrogen (secondary N) is 1. The first-order chi connectivity index (χ1) is 20.2. The van der Waals surface area contributed by atoms with Crippen molar-refractivity contribution in [1.82, 2.24) is 4.72 Å². The Morgan fingerprint density at radius 1 is 1.17 bits per heavy atom. The van der Waals surface area contributed by atoms with E-state index in [0.29, 0.717) is 29.9 Å². The van der Waals surface area contributed by atoms with Crippen LogP contribution >= 0.6 is 23.5 Å². The van der Waals surface area contributed by atoms with Crippen LogP contribution in [0, 0.1) is 23.7 Å². The number of hydrogen-bond acceptors (Lipinski definition) is 5. The molecule has 7 unspecified atom stereocenters. The minimum atomic E-state index is -0.460. The summed E-state index contributed by atoms with van der Waals surface area (Å²) in [5, 5.41) is 12.2. The third-order valence-corrected chi connectivity index (χ3v) is 11.0. The second-order valence-corrected chi connectivity index (χ2v) is 14.3. The first kappa shape index (κ1) is 31.0. The van der Waals surface area contributed by atoms with Crippen LogP contribution in [0.4, 0.5) is 5.69 Å². The molecule has 2 aromatic carbocycles. The van der Waals surface area contributed by atoms with Crippen LogP contribution < -0.4 is 14.4 Å². The first-order valence-electron chi connectivity index (χ1n) is 15.4. The number of anilines is 1. The van der Waals surface area contributed by atoms with E-state index in [1.54, 1.807) is 6.08 Å². The van der Waals surface area contributed by atoms with E-state index in [4.69, 9.17) is 16.3 Å². The van der Waals surface area contributed by atoms with Gasteiger partial charge in [0.2, 0.25) is 0 Å². The molecule has 7 atom stereocenters. The Bertz CT molecular complexity index is 1330. The summed E-state index contributed by atoms with van der Waals surface area (Å²) < 4.78 is 9.98. The summed E-state index contributed by atoms with van der Waals surface area (Å²) >= 11 is 7.86. The Hall–Kier alpha value is -2.41. The van der Waals surface area contributed by atoms with E-state index in [2.05, 4.69) is 55.2 Å². The molecule has 5 nitrogen and oxygen atoms in total. The summed E-state index contributed by atoms with van der Waals surface area (Å²) in [4.78, 5) is 15.6. The average molecular weight is 609 g/mol. The van der Waals surface area contributed by atoms with E-state index in [1.165, 1.54) is 23.1 Å². The molecule has 2 aromatic rings. The lowest BCUT2D eigenvalue weighted by Crippen LogP contribution is -2.55. The minimum absolute atomic E-state index is 0.0762. The van der Waals surface area contributed by atoms with E-state index in [9.17, 15) is 9.90 Å². The largest absolute Gasteiger partial charge is 0.479 e. The van der Waals surface area contributed by atoms with Gasteiger partial charge in [0, 0.05) is 27.9 Å². The third kappa shape index (κ3) is 6.27. The summed E-state index contributed by atoms with van der Waals surface area (Å²) in [6.07, 6.45) is 10.3. The van der Waals surface area contributed by atoms with E-state index in [0.717, 1.165) is 55.1 Å². The van der Waals surface area contributed by atoms with Gasteiger partial charge in [-0.15, -0.1) is 6.58 Å². The standard InChI is InChI=1S/C32H39ClN2O3S.C3H6/c1-19-6-4-8-29(36)25-14-20(2)26(25)17-35-18-32(13-5-7-22-15-24(33)10-11-27(22)32)38-30-12-9-23(16-28(30)35)31(37)34-39-21(19)3;1-3-2/h4,8-12,15-16,19-21,25-26,29,36H,5-7,13-14,17-18H2,1-3H3,(H,34,37);3H,1H2,2H3/b8-4+;. The second kappa shape index (κ2) is 13.1. The number of hydrogen-bond donors (Lipinski definition) is 2. The molecule has 1 amide bonds. The number of nitrogens with zero attached hydrogens (tertiary/aromatic N) is 1. The number of fused-ring (bicyclic) bond motifs is 4. The van der Waals surface area contributed by atoms with E-state index in [1.807, 2.05) is 37.3 Å². The molecule has 2 heterocycles. The number of carbonyl (C=O) groups is 1. The molecule has 7 heteroatoms. The Morgan fingerprint density at radius 2 is 1.95 bits per heavy atom. The highest BCUT2D eigenvalue weighted by molar-refractivity contribution is 7.98. The van der Waals surface area contributed by atoms with E-state index < -0.39 is 11.7 Å². The smallest absolute Gasteiger partial charge is 0.261 e. The summed E-state index contributed by atoms with van der Waals surface area (Å²) in [5.41, 5.74) is 3.64. The van der Waals surface area contributed by atoms with Crippen molar-refractivity contribution in [3.05, 3.63) is 82.9 Å². The molecule has 6 rings (SSSR count). The lowest BCUT2D eigenvalue weighted by Gasteiger charge is -2.52. The number of halogens is 1. The molecule has 1 saturated carbocycles. The van der Waals surface area contributed by atoms with Crippen LogP contribution in [0.2, 0.25) is 5.02 Å². The minimum Gasteiger partial charge on any atom is -0.479 e. The first-order valence-corrected chi connectivity index (χ1v) is 16.7. The molecular formula is C35H45ClN2O3S. The SMILES string of the molecule is C=CC.CC1C/C=C/C(O)C2CC(C)C2CN2CC3(CCCc4cc(Cl)ccc43)Oc3ccc(cc32)C(=O)NSC1C. The zero-order valence-electron chi connectivity index (χ0n) is 25.3. The van der Waals surface area contributed by atoms with Crippen LogP contribution in [0.5, 0.6) is 5.75 Å². The van der Waals surface area contributed by atoms with Crippen LogP contribution in [-0.4, -0.2) is 35.5 Å². The van der Waals surface area contributed by atoms with Gasteiger partial charge < -0.3 is 14.7 Å². The Labute approximate surface area is 260 Å². The van der Waals surface area contributed by atoms with Gasteiger partial charge in [-0.3, -0.25) is 9.52 Å². The molecule has 2 aliphatic carbocycles. The van der Waals surface area contributed by atoms with Crippen molar-refractivity contribution in [2.24, 2.45) is 23.7 Å². The highest BCUT2D eigenvalue weighted by Crippen LogP contribution is 2.50. The number of ether oxygens (including phenoxy) is 1. The van der Waals surface area contributed by atoms with Crippen molar-refractivity contribution in [3.8, 4) is 5.75 Å². The van der Waals surface area contributed by atoms with Gasteiger partial charge in [-0.25, -0.2) is 0 Å². The van der Waals surface area contributed by atoms with Crippen LogP contribution in [0.1, 0.15) is 74.9 Å². The van der Waals surface area contributed by atoms with Crippen molar-refractivity contribution in [2.75, 3.05) is 18.0 Å². The highest BCUT2D eigenvalue weighted by Gasteiger charge is 2.48. The van der Waals surface area contributed by atoms with Gasteiger partial charge in [0.15, 0.2) is 5.60 Å². The molecule has 1 spiro atoms. The molecule has 226 valence electrons. The molecule has 2 bridgehead atoms. The molecule has 1 fully saturated rings. The highest BCUT2D eigenvalue weighted by atomic mass is 35.5. The monoisotopic (exact) mass is 608 g/mol. The molecule has 0 aromatic heterocycles. The number of carbonyl (C=O) groups excluding carboxylic acids is 1. The Balaban J connectivity index is 0.00000113. The van der Waals surface area contributed by atoms with Crippen LogP contribution in [0.3, 0.4) is 0 Å².